The summed E-state index contributed by atoms with van der Waals surface area (Å²) in [6.07, 6.45) is 2.85. The predicted octanol–water partition coefficient (Wildman–Crippen LogP) is 2.49. The Labute approximate surface area is 142 Å². The van der Waals surface area contributed by atoms with E-state index in [1.807, 2.05) is 0 Å². The molecular weight excluding hydrogens is 328 g/mol. The number of aromatic nitrogens is 3. The number of nitro groups is 1. The molecular formula is C16H14N4O5. The van der Waals surface area contributed by atoms with E-state index < -0.39 is 10.9 Å². The second-order valence-electron chi connectivity index (χ2n) is 4.99. The van der Waals surface area contributed by atoms with Crippen molar-refractivity contribution in [2.75, 3.05) is 13.7 Å². The van der Waals surface area contributed by atoms with E-state index in [1.54, 1.807) is 13.0 Å². The molecule has 0 spiro atoms. The van der Waals surface area contributed by atoms with Crippen molar-refractivity contribution in [3.63, 3.8) is 0 Å². The molecule has 0 saturated carbocycles. The van der Waals surface area contributed by atoms with E-state index in [-0.39, 0.29) is 17.9 Å². The van der Waals surface area contributed by atoms with Crippen molar-refractivity contribution >= 4 is 17.3 Å². The normalized spacial score (nSPS) is 10.6. The van der Waals surface area contributed by atoms with Gasteiger partial charge in [-0.15, -0.1) is 0 Å². The Balaban J connectivity index is 2.22. The van der Waals surface area contributed by atoms with Crippen molar-refractivity contribution in [2.24, 2.45) is 0 Å². The molecule has 0 radical (unpaired) electrons. The lowest BCUT2D eigenvalue weighted by Gasteiger charge is -2.10. The lowest BCUT2D eigenvalue weighted by molar-refractivity contribution is -0.384. The molecule has 0 aliphatic carbocycles. The average Bonchev–Trinajstić information content (AvgIpc) is 3.05. The van der Waals surface area contributed by atoms with Gasteiger partial charge in [0, 0.05) is 23.9 Å². The highest BCUT2D eigenvalue weighted by atomic mass is 16.6. The third-order valence-electron chi connectivity index (χ3n) is 3.57. The summed E-state index contributed by atoms with van der Waals surface area (Å²) in [5.41, 5.74) is 1.39. The van der Waals surface area contributed by atoms with Gasteiger partial charge in [0.05, 0.1) is 30.5 Å². The number of carbonyl (C=O) groups is 1. The van der Waals surface area contributed by atoms with E-state index in [0.29, 0.717) is 22.7 Å². The summed E-state index contributed by atoms with van der Waals surface area (Å²) in [6.45, 7) is 1.94. The maximum atomic E-state index is 12.0. The fourth-order valence-corrected chi connectivity index (χ4v) is 2.46. The smallest absolute Gasteiger partial charge is 0.343 e. The molecule has 0 atom stereocenters. The Hall–Kier alpha value is -3.49. The van der Waals surface area contributed by atoms with Crippen LogP contribution in [-0.2, 0) is 4.74 Å². The fourth-order valence-electron chi connectivity index (χ4n) is 2.46. The van der Waals surface area contributed by atoms with Gasteiger partial charge in [-0.3, -0.25) is 10.1 Å². The molecule has 128 valence electrons. The zero-order valence-electron chi connectivity index (χ0n) is 13.5. The predicted molar refractivity (Wildman–Crippen MR) is 87.6 cm³/mol. The molecule has 0 bridgehead atoms. The van der Waals surface area contributed by atoms with Crippen LogP contribution in [0.25, 0.3) is 16.9 Å². The second kappa shape index (κ2) is 6.56. The van der Waals surface area contributed by atoms with Crippen molar-refractivity contribution in [1.82, 2.24) is 14.6 Å². The summed E-state index contributed by atoms with van der Waals surface area (Å²) in [6, 6.07) is 5.89. The van der Waals surface area contributed by atoms with Crippen LogP contribution in [0.5, 0.6) is 5.75 Å². The number of methoxy groups -OCH3 is 1. The quantitative estimate of drug-likeness (QED) is 0.398. The molecule has 1 aromatic carbocycles. The Morgan fingerprint density at radius 1 is 1.36 bits per heavy atom. The average molecular weight is 342 g/mol. The zero-order valence-corrected chi connectivity index (χ0v) is 13.5. The van der Waals surface area contributed by atoms with Crippen molar-refractivity contribution < 1.29 is 19.2 Å². The molecule has 0 saturated heterocycles. The number of ether oxygens (including phenoxy) is 2. The van der Waals surface area contributed by atoms with Gasteiger partial charge >= 0.3 is 5.97 Å². The van der Waals surface area contributed by atoms with E-state index >= 15 is 0 Å². The number of esters is 1. The third-order valence-corrected chi connectivity index (χ3v) is 3.57. The SMILES string of the molecule is CCOC(=O)c1cnn2c(-c3cc([N+](=O)[O-])ccc3OC)ccnc12. The summed E-state index contributed by atoms with van der Waals surface area (Å²) < 4.78 is 11.7. The first-order valence-corrected chi connectivity index (χ1v) is 7.39. The van der Waals surface area contributed by atoms with Crippen molar-refractivity contribution in [2.45, 2.75) is 6.92 Å². The topological polar surface area (TPSA) is 109 Å². The Kier molecular flexibility index (Phi) is 4.29. The maximum absolute atomic E-state index is 12.0. The number of nitro benzene ring substituents is 1. The molecule has 0 amide bonds. The third kappa shape index (κ3) is 2.87. The van der Waals surface area contributed by atoms with E-state index in [4.69, 9.17) is 9.47 Å². The number of benzene rings is 1. The first kappa shape index (κ1) is 16.4. The Morgan fingerprint density at radius 3 is 2.84 bits per heavy atom. The van der Waals surface area contributed by atoms with Crippen LogP contribution in [0.2, 0.25) is 0 Å². The standard InChI is InChI=1S/C16H14N4O5/c1-3-25-16(21)12-9-18-19-13(6-7-17-15(12)19)11-8-10(20(22)23)4-5-14(11)24-2/h4-9H,3H2,1-2H3. The Bertz CT molecular complexity index is 966. The Morgan fingerprint density at radius 2 is 2.16 bits per heavy atom. The second-order valence-corrected chi connectivity index (χ2v) is 4.99. The number of fused-ring (bicyclic) bond motifs is 1. The minimum Gasteiger partial charge on any atom is -0.496 e. The highest BCUT2D eigenvalue weighted by Gasteiger charge is 2.20. The molecule has 0 N–H and O–H groups in total. The summed E-state index contributed by atoms with van der Waals surface area (Å²) in [5.74, 6) is -0.0977. The molecule has 2 aromatic heterocycles. The van der Waals surface area contributed by atoms with Gasteiger partial charge in [-0.2, -0.15) is 5.10 Å². The lowest BCUT2D eigenvalue weighted by Crippen LogP contribution is -2.05. The maximum Gasteiger partial charge on any atom is 0.343 e. The monoisotopic (exact) mass is 342 g/mol. The number of hydrogen-bond acceptors (Lipinski definition) is 7. The molecule has 25 heavy (non-hydrogen) atoms. The van der Waals surface area contributed by atoms with Crippen LogP contribution in [0.4, 0.5) is 5.69 Å². The van der Waals surface area contributed by atoms with Gasteiger partial charge in [0.1, 0.15) is 11.3 Å². The largest absolute Gasteiger partial charge is 0.496 e. The minimum absolute atomic E-state index is 0.0847. The van der Waals surface area contributed by atoms with Gasteiger partial charge in [0.25, 0.3) is 5.69 Å². The molecule has 3 aromatic rings. The summed E-state index contributed by atoms with van der Waals surface area (Å²) in [4.78, 5) is 26.8. The summed E-state index contributed by atoms with van der Waals surface area (Å²) >= 11 is 0. The number of non-ortho nitro benzene ring substituents is 1. The van der Waals surface area contributed by atoms with Crippen LogP contribution in [0.1, 0.15) is 17.3 Å². The lowest BCUT2D eigenvalue weighted by atomic mass is 10.1. The molecule has 2 heterocycles. The highest BCUT2D eigenvalue weighted by Crippen LogP contribution is 2.33. The first-order valence-electron chi connectivity index (χ1n) is 7.39. The molecule has 0 aliphatic rings. The van der Waals surface area contributed by atoms with Crippen molar-refractivity contribution in [3.05, 3.63) is 52.3 Å². The number of hydrogen-bond donors (Lipinski definition) is 0. The van der Waals surface area contributed by atoms with Crippen molar-refractivity contribution in [3.8, 4) is 17.0 Å². The van der Waals surface area contributed by atoms with Gasteiger partial charge < -0.3 is 9.47 Å². The van der Waals surface area contributed by atoms with Crippen LogP contribution in [0, 0.1) is 10.1 Å². The van der Waals surface area contributed by atoms with Crippen LogP contribution >= 0.6 is 0 Å². The fraction of sp³-hybridized carbons (Fsp3) is 0.188. The van der Waals surface area contributed by atoms with Crippen LogP contribution in [-0.4, -0.2) is 39.2 Å². The molecule has 9 nitrogen and oxygen atoms in total. The van der Waals surface area contributed by atoms with E-state index in [2.05, 4.69) is 10.1 Å². The molecule has 9 heteroatoms. The van der Waals surface area contributed by atoms with E-state index in [1.165, 1.54) is 42.2 Å². The van der Waals surface area contributed by atoms with Gasteiger partial charge in [-0.1, -0.05) is 0 Å². The highest BCUT2D eigenvalue weighted by molar-refractivity contribution is 5.96. The number of carbonyl (C=O) groups excluding carboxylic acids is 1. The van der Waals surface area contributed by atoms with Crippen LogP contribution in [0.3, 0.4) is 0 Å². The van der Waals surface area contributed by atoms with Gasteiger partial charge in [0.2, 0.25) is 0 Å². The van der Waals surface area contributed by atoms with E-state index in [0.717, 1.165) is 0 Å². The van der Waals surface area contributed by atoms with Gasteiger partial charge in [0.15, 0.2) is 5.65 Å². The minimum atomic E-state index is -0.534. The number of rotatable bonds is 5. The number of nitrogens with zero attached hydrogens (tertiary/aromatic N) is 4. The zero-order chi connectivity index (χ0) is 18.0. The first-order chi connectivity index (χ1) is 12.1. The van der Waals surface area contributed by atoms with Crippen LogP contribution < -0.4 is 4.74 Å². The summed E-state index contributed by atoms with van der Waals surface area (Å²) in [5, 5.41) is 15.3. The van der Waals surface area contributed by atoms with Gasteiger partial charge in [-0.25, -0.2) is 14.3 Å². The molecule has 0 unspecified atom stereocenters. The van der Waals surface area contributed by atoms with Crippen molar-refractivity contribution in [1.29, 1.82) is 0 Å². The molecule has 0 fully saturated rings. The van der Waals surface area contributed by atoms with E-state index in [9.17, 15) is 14.9 Å². The molecule has 0 aliphatic heterocycles. The summed E-state index contributed by atoms with van der Waals surface area (Å²) in [7, 11) is 1.47. The van der Waals surface area contributed by atoms with Gasteiger partial charge in [-0.05, 0) is 19.1 Å². The molecule has 3 rings (SSSR count). The van der Waals surface area contributed by atoms with Crippen LogP contribution in [0.15, 0.2) is 36.7 Å².